The second kappa shape index (κ2) is 6.57. The average molecular weight is 311 g/mol. The van der Waals surface area contributed by atoms with Crippen LogP contribution in [-0.4, -0.2) is 26.5 Å². The summed E-state index contributed by atoms with van der Waals surface area (Å²) in [5.41, 5.74) is 0.0170. The smallest absolute Gasteiger partial charge is 0.298 e. The van der Waals surface area contributed by atoms with E-state index < -0.39 is 11.5 Å². The first-order chi connectivity index (χ1) is 10.0. The van der Waals surface area contributed by atoms with E-state index in [0.717, 1.165) is 11.5 Å². The molecular weight excluding hydrogens is 298 g/mol. The van der Waals surface area contributed by atoms with E-state index in [1.54, 1.807) is 7.11 Å². The van der Waals surface area contributed by atoms with Crippen LogP contribution in [0.4, 0.5) is 5.69 Å². The first kappa shape index (κ1) is 15.3. The van der Waals surface area contributed by atoms with Crippen molar-refractivity contribution in [3.05, 3.63) is 39.7 Å². The minimum atomic E-state index is -0.557. The van der Waals surface area contributed by atoms with Crippen LogP contribution in [0.3, 0.4) is 0 Å². The van der Waals surface area contributed by atoms with Crippen LogP contribution in [0, 0.1) is 10.1 Å². The minimum Gasteiger partial charge on any atom is -0.430 e. The molecule has 0 bridgehead atoms. The third kappa shape index (κ3) is 3.51. The molecule has 0 aliphatic rings. The third-order valence-corrected chi connectivity index (χ3v) is 3.37. The lowest BCUT2D eigenvalue weighted by molar-refractivity contribution is -0.385. The second-order valence-electron chi connectivity index (χ2n) is 4.10. The van der Waals surface area contributed by atoms with Gasteiger partial charge in [-0.2, -0.15) is 9.36 Å². The van der Waals surface area contributed by atoms with Crippen LogP contribution in [0.5, 0.6) is 10.9 Å². The molecule has 0 spiro atoms. The summed E-state index contributed by atoms with van der Waals surface area (Å²) in [7, 11) is 1.55. The summed E-state index contributed by atoms with van der Waals surface area (Å²) in [5.74, 6) is 0.846. The van der Waals surface area contributed by atoms with Gasteiger partial charge in [-0.25, -0.2) is 0 Å². The summed E-state index contributed by atoms with van der Waals surface area (Å²) in [4.78, 5) is 14.4. The van der Waals surface area contributed by atoms with Gasteiger partial charge in [0.05, 0.1) is 17.1 Å². The Balaban J connectivity index is 2.20. The summed E-state index contributed by atoms with van der Waals surface area (Å²) < 4.78 is 14.7. The highest BCUT2D eigenvalue weighted by atomic mass is 32.1. The Morgan fingerprint density at radius 3 is 2.90 bits per heavy atom. The number of nitrogens with zero attached hydrogens (tertiary/aromatic N) is 3. The maximum atomic E-state index is 10.8. The molecule has 0 radical (unpaired) electrons. The van der Waals surface area contributed by atoms with Gasteiger partial charge in [-0.15, -0.1) is 0 Å². The zero-order valence-corrected chi connectivity index (χ0v) is 12.2. The number of nitro groups is 1. The van der Waals surface area contributed by atoms with Crippen LogP contribution in [0.15, 0.2) is 18.2 Å². The van der Waals surface area contributed by atoms with Crippen LogP contribution in [-0.2, 0) is 11.3 Å². The van der Waals surface area contributed by atoms with Crippen molar-refractivity contribution in [1.29, 1.82) is 0 Å². The summed E-state index contributed by atoms with van der Waals surface area (Å²) in [6.07, 6.45) is -0.247. The number of hydrogen-bond acceptors (Lipinski definition) is 8. The monoisotopic (exact) mass is 311 g/mol. The number of rotatable bonds is 6. The van der Waals surface area contributed by atoms with E-state index in [-0.39, 0.29) is 17.4 Å². The molecule has 0 fully saturated rings. The van der Waals surface area contributed by atoms with E-state index in [9.17, 15) is 10.1 Å². The highest BCUT2D eigenvalue weighted by molar-refractivity contribution is 7.07. The molecule has 2 aromatic rings. The highest BCUT2D eigenvalue weighted by Gasteiger charge is 2.16. The lowest BCUT2D eigenvalue weighted by atomic mass is 10.2. The number of benzene rings is 1. The number of hydrogen-bond donors (Lipinski definition) is 1. The van der Waals surface area contributed by atoms with Gasteiger partial charge in [-0.1, -0.05) is 0 Å². The van der Waals surface area contributed by atoms with Crippen molar-refractivity contribution in [2.24, 2.45) is 0 Å². The number of aliphatic hydroxyl groups excluding tert-OH is 1. The summed E-state index contributed by atoms with van der Waals surface area (Å²) >= 11 is 1.05. The van der Waals surface area contributed by atoms with Crippen LogP contribution < -0.4 is 4.74 Å². The van der Waals surface area contributed by atoms with Gasteiger partial charge in [0, 0.05) is 24.7 Å². The summed E-state index contributed by atoms with van der Waals surface area (Å²) in [5, 5.41) is 20.2. The zero-order valence-electron chi connectivity index (χ0n) is 11.3. The molecule has 1 heterocycles. The van der Waals surface area contributed by atoms with Crippen LogP contribution in [0.25, 0.3) is 0 Å². The van der Waals surface area contributed by atoms with Crippen LogP contribution in [0.2, 0.25) is 0 Å². The van der Waals surface area contributed by atoms with Gasteiger partial charge in [0.1, 0.15) is 11.9 Å². The molecule has 1 unspecified atom stereocenters. The lowest BCUT2D eigenvalue weighted by Gasteiger charge is -2.04. The van der Waals surface area contributed by atoms with Gasteiger partial charge in [0.25, 0.3) is 10.9 Å². The Bertz CT molecular complexity index is 646. The molecule has 112 valence electrons. The van der Waals surface area contributed by atoms with Crippen molar-refractivity contribution in [3.63, 3.8) is 0 Å². The fraction of sp³-hybridized carbons (Fsp3) is 0.333. The van der Waals surface area contributed by atoms with Crippen molar-refractivity contribution in [3.8, 4) is 10.9 Å². The minimum absolute atomic E-state index is 0.157. The van der Waals surface area contributed by atoms with E-state index in [2.05, 4.69) is 9.36 Å². The fourth-order valence-electron chi connectivity index (χ4n) is 1.56. The SMILES string of the molecule is COC(C)c1nsc(Oc2ccc([N+](=O)[O-])c(CO)c2)n1. The quantitative estimate of drug-likeness (QED) is 0.644. The first-order valence-electron chi connectivity index (χ1n) is 5.97. The molecule has 1 aromatic heterocycles. The predicted molar refractivity (Wildman–Crippen MR) is 74.4 cm³/mol. The highest BCUT2D eigenvalue weighted by Crippen LogP contribution is 2.29. The average Bonchev–Trinajstić information content (AvgIpc) is 2.94. The van der Waals surface area contributed by atoms with Gasteiger partial charge in [0.15, 0.2) is 5.82 Å². The lowest BCUT2D eigenvalue weighted by Crippen LogP contribution is -1.98. The molecule has 9 heteroatoms. The Labute approximate surface area is 124 Å². The van der Waals surface area contributed by atoms with E-state index in [1.807, 2.05) is 6.92 Å². The molecule has 21 heavy (non-hydrogen) atoms. The Morgan fingerprint density at radius 2 is 2.29 bits per heavy atom. The van der Waals surface area contributed by atoms with Gasteiger partial charge < -0.3 is 14.6 Å². The van der Waals surface area contributed by atoms with Gasteiger partial charge in [-0.05, 0) is 19.1 Å². The number of aliphatic hydroxyl groups is 1. The molecule has 1 N–H and O–H groups in total. The largest absolute Gasteiger partial charge is 0.430 e. The predicted octanol–water partition coefficient (Wildman–Crippen LogP) is 2.44. The molecule has 1 aromatic carbocycles. The second-order valence-corrected chi connectivity index (χ2v) is 4.82. The molecule has 1 atom stereocenters. The normalized spacial score (nSPS) is 12.1. The molecule has 0 aliphatic carbocycles. The Morgan fingerprint density at radius 1 is 1.52 bits per heavy atom. The number of aromatic nitrogens is 2. The van der Waals surface area contributed by atoms with E-state index >= 15 is 0 Å². The van der Waals surface area contributed by atoms with Gasteiger partial charge in [-0.3, -0.25) is 10.1 Å². The van der Waals surface area contributed by atoms with Crippen molar-refractivity contribution in [2.75, 3.05) is 7.11 Å². The van der Waals surface area contributed by atoms with Crippen molar-refractivity contribution < 1.29 is 19.5 Å². The molecule has 0 saturated heterocycles. The first-order valence-corrected chi connectivity index (χ1v) is 6.75. The standard InChI is InChI=1S/C12H13N3O5S/c1-7(19-2)11-13-12(21-14-11)20-9-3-4-10(15(17)18)8(5-9)6-16/h3-5,7,16H,6H2,1-2H3. The fourth-order valence-corrected chi connectivity index (χ4v) is 2.19. The Kier molecular flexibility index (Phi) is 4.78. The number of nitro benzene ring substituents is 1. The van der Waals surface area contributed by atoms with Crippen LogP contribution >= 0.6 is 11.5 Å². The topological polar surface area (TPSA) is 108 Å². The van der Waals surface area contributed by atoms with Crippen molar-refractivity contribution >= 4 is 17.2 Å². The van der Waals surface area contributed by atoms with E-state index in [0.29, 0.717) is 16.8 Å². The zero-order chi connectivity index (χ0) is 15.4. The van der Waals surface area contributed by atoms with E-state index in [1.165, 1.54) is 18.2 Å². The number of ether oxygens (including phenoxy) is 2. The van der Waals surface area contributed by atoms with Crippen molar-refractivity contribution in [1.82, 2.24) is 9.36 Å². The molecule has 0 aliphatic heterocycles. The van der Waals surface area contributed by atoms with Gasteiger partial charge in [0.2, 0.25) is 0 Å². The molecule has 8 nitrogen and oxygen atoms in total. The molecule has 0 amide bonds. The summed E-state index contributed by atoms with van der Waals surface area (Å²) in [6.45, 7) is 1.36. The molecule has 0 saturated carbocycles. The van der Waals surface area contributed by atoms with Gasteiger partial charge >= 0.3 is 0 Å². The van der Waals surface area contributed by atoms with E-state index in [4.69, 9.17) is 14.6 Å². The summed E-state index contributed by atoms with van der Waals surface area (Å²) in [6, 6.07) is 4.12. The maximum Gasteiger partial charge on any atom is 0.298 e. The Hall–Kier alpha value is -2.10. The van der Waals surface area contributed by atoms with Crippen molar-refractivity contribution in [2.45, 2.75) is 19.6 Å². The van der Waals surface area contributed by atoms with Crippen LogP contribution in [0.1, 0.15) is 24.4 Å². The number of methoxy groups -OCH3 is 1. The molecule has 2 rings (SSSR count). The molecular formula is C12H13N3O5S. The maximum absolute atomic E-state index is 10.8. The third-order valence-electron chi connectivity index (χ3n) is 2.76.